The smallest absolute Gasteiger partial charge is 0.270 e. The van der Waals surface area contributed by atoms with E-state index in [0.29, 0.717) is 0 Å². The fraction of sp³-hybridized carbons (Fsp3) is 0.111. The van der Waals surface area contributed by atoms with Crippen molar-refractivity contribution in [2.45, 2.75) is 4.90 Å². The van der Waals surface area contributed by atoms with Crippen molar-refractivity contribution in [3.63, 3.8) is 0 Å². The summed E-state index contributed by atoms with van der Waals surface area (Å²) in [5.41, 5.74) is 0. The molecule has 0 saturated heterocycles. The predicted octanol–water partition coefficient (Wildman–Crippen LogP) is 2.24. The fourth-order valence-corrected chi connectivity index (χ4v) is 3.02. The van der Waals surface area contributed by atoms with Gasteiger partial charge in [-0.25, -0.2) is 0 Å². The van der Waals surface area contributed by atoms with Gasteiger partial charge in [0.15, 0.2) is 0 Å². The van der Waals surface area contributed by atoms with Gasteiger partial charge < -0.3 is 0 Å². The van der Waals surface area contributed by atoms with Gasteiger partial charge in [-0.15, -0.1) is 11.3 Å². The van der Waals surface area contributed by atoms with Crippen LogP contribution in [0.1, 0.15) is 0 Å². The molecular formula is C9H8O3S2. The van der Waals surface area contributed by atoms with Gasteiger partial charge in [-0.05, 0) is 23.6 Å². The Morgan fingerprint density at radius 1 is 1.29 bits per heavy atom. The second-order valence-electron chi connectivity index (χ2n) is 2.71. The summed E-state index contributed by atoms with van der Waals surface area (Å²) in [6, 6.07) is 6.93. The third-order valence-electron chi connectivity index (χ3n) is 1.94. The topological polar surface area (TPSA) is 43.4 Å². The van der Waals surface area contributed by atoms with E-state index in [0.717, 1.165) is 10.1 Å². The summed E-state index contributed by atoms with van der Waals surface area (Å²) in [7, 11) is -2.42. The van der Waals surface area contributed by atoms with E-state index in [9.17, 15) is 8.42 Å². The van der Waals surface area contributed by atoms with Gasteiger partial charge in [-0.2, -0.15) is 8.42 Å². The van der Waals surface area contributed by atoms with Crippen molar-refractivity contribution in [3.8, 4) is 0 Å². The molecule has 0 aliphatic rings. The Bertz CT molecular complexity index is 554. The van der Waals surface area contributed by atoms with Gasteiger partial charge in [-0.3, -0.25) is 4.18 Å². The van der Waals surface area contributed by atoms with E-state index in [1.807, 2.05) is 11.4 Å². The summed E-state index contributed by atoms with van der Waals surface area (Å²) < 4.78 is 28.4. The normalized spacial score (nSPS) is 12.1. The zero-order valence-electron chi connectivity index (χ0n) is 7.43. The summed E-state index contributed by atoms with van der Waals surface area (Å²) in [6.45, 7) is 0. The first-order valence-electron chi connectivity index (χ1n) is 3.92. The monoisotopic (exact) mass is 228 g/mol. The second-order valence-corrected chi connectivity index (χ2v) is 5.34. The first-order chi connectivity index (χ1) is 6.65. The summed E-state index contributed by atoms with van der Waals surface area (Å²) >= 11 is 1.51. The molecule has 0 unspecified atom stereocenters. The molecule has 0 saturated carbocycles. The summed E-state index contributed by atoms with van der Waals surface area (Å²) in [5, 5.41) is 2.58. The summed E-state index contributed by atoms with van der Waals surface area (Å²) in [4.78, 5) is 0.235. The van der Waals surface area contributed by atoms with Crippen molar-refractivity contribution < 1.29 is 12.6 Å². The highest BCUT2D eigenvalue weighted by Gasteiger charge is 2.16. The number of benzene rings is 1. The van der Waals surface area contributed by atoms with Gasteiger partial charge in [0.05, 0.1) is 7.11 Å². The van der Waals surface area contributed by atoms with Gasteiger partial charge in [0, 0.05) is 10.1 Å². The van der Waals surface area contributed by atoms with E-state index >= 15 is 0 Å². The molecule has 1 aromatic heterocycles. The van der Waals surface area contributed by atoms with Crippen LogP contribution >= 0.6 is 11.3 Å². The third-order valence-corrected chi connectivity index (χ3v) is 4.16. The van der Waals surface area contributed by atoms with Crippen molar-refractivity contribution in [2.75, 3.05) is 7.11 Å². The van der Waals surface area contributed by atoms with Crippen LogP contribution in [0.4, 0.5) is 0 Å². The predicted molar refractivity (Wildman–Crippen MR) is 56.0 cm³/mol. The van der Waals surface area contributed by atoms with Gasteiger partial charge in [-0.1, -0.05) is 6.07 Å². The molecule has 0 fully saturated rings. The highest BCUT2D eigenvalue weighted by atomic mass is 32.2. The van der Waals surface area contributed by atoms with Crippen LogP contribution in [0.15, 0.2) is 34.5 Å². The number of fused-ring (bicyclic) bond motifs is 1. The molecule has 0 aliphatic carbocycles. The van der Waals surface area contributed by atoms with Crippen LogP contribution in [0.25, 0.3) is 10.1 Å². The zero-order valence-corrected chi connectivity index (χ0v) is 9.06. The lowest BCUT2D eigenvalue weighted by Gasteiger charge is -2.01. The molecule has 74 valence electrons. The van der Waals surface area contributed by atoms with Crippen molar-refractivity contribution in [1.29, 1.82) is 0 Å². The van der Waals surface area contributed by atoms with E-state index in [2.05, 4.69) is 4.18 Å². The molecule has 14 heavy (non-hydrogen) atoms. The molecule has 0 spiro atoms. The van der Waals surface area contributed by atoms with E-state index in [1.54, 1.807) is 18.2 Å². The molecule has 0 N–H and O–H groups in total. The lowest BCUT2D eigenvalue weighted by atomic mass is 10.3. The van der Waals surface area contributed by atoms with E-state index < -0.39 is 10.1 Å². The fourth-order valence-electron chi connectivity index (χ4n) is 1.27. The maximum absolute atomic E-state index is 11.5. The number of hydrogen-bond donors (Lipinski definition) is 0. The molecule has 0 radical (unpaired) electrons. The largest absolute Gasteiger partial charge is 0.297 e. The molecule has 2 rings (SSSR count). The number of thiophene rings is 1. The minimum absolute atomic E-state index is 0.235. The second kappa shape index (κ2) is 3.34. The van der Waals surface area contributed by atoms with E-state index in [-0.39, 0.29) is 4.90 Å². The Labute approximate surface area is 86.1 Å². The Morgan fingerprint density at radius 3 is 2.79 bits per heavy atom. The first kappa shape index (κ1) is 9.64. The van der Waals surface area contributed by atoms with Gasteiger partial charge in [0.1, 0.15) is 4.90 Å². The zero-order chi connectivity index (χ0) is 10.2. The highest BCUT2D eigenvalue weighted by molar-refractivity contribution is 7.87. The van der Waals surface area contributed by atoms with Crippen LogP contribution in [-0.2, 0) is 14.3 Å². The molecule has 0 atom stereocenters. The summed E-state index contributed by atoms with van der Waals surface area (Å²) in [5.74, 6) is 0. The lowest BCUT2D eigenvalue weighted by Crippen LogP contribution is -2.02. The number of hydrogen-bond acceptors (Lipinski definition) is 4. The Hall–Kier alpha value is -0.910. The van der Waals surface area contributed by atoms with Crippen LogP contribution in [-0.4, -0.2) is 15.5 Å². The average molecular weight is 228 g/mol. The Morgan fingerprint density at radius 2 is 2.07 bits per heavy atom. The minimum atomic E-state index is -3.59. The standard InChI is InChI=1S/C9H8O3S2/c1-12-14(10,11)9-4-2-3-8-7(9)5-6-13-8/h2-6H,1H3. The van der Waals surface area contributed by atoms with Crippen molar-refractivity contribution in [1.82, 2.24) is 0 Å². The number of rotatable bonds is 2. The van der Waals surface area contributed by atoms with Crippen LogP contribution in [0, 0.1) is 0 Å². The molecule has 1 aromatic carbocycles. The highest BCUT2D eigenvalue weighted by Crippen LogP contribution is 2.27. The van der Waals surface area contributed by atoms with Crippen LogP contribution in [0.5, 0.6) is 0 Å². The van der Waals surface area contributed by atoms with E-state index in [1.165, 1.54) is 18.4 Å². The average Bonchev–Trinajstić information content (AvgIpc) is 2.64. The van der Waals surface area contributed by atoms with Gasteiger partial charge >= 0.3 is 0 Å². The Kier molecular flexibility index (Phi) is 2.30. The van der Waals surface area contributed by atoms with Crippen LogP contribution < -0.4 is 0 Å². The molecule has 0 aliphatic heterocycles. The van der Waals surface area contributed by atoms with Gasteiger partial charge in [0.25, 0.3) is 10.1 Å². The molecular weight excluding hydrogens is 220 g/mol. The maximum atomic E-state index is 11.5. The third kappa shape index (κ3) is 1.43. The van der Waals surface area contributed by atoms with E-state index in [4.69, 9.17) is 0 Å². The molecule has 2 aromatic rings. The SMILES string of the molecule is COS(=O)(=O)c1cccc2sccc12. The summed E-state index contributed by atoms with van der Waals surface area (Å²) in [6.07, 6.45) is 0. The quantitative estimate of drug-likeness (QED) is 0.740. The lowest BCUT2D eigenvalue weighted by molar-refractivity contribution is 0.398. The molecule has 1 heterocycles. The van der Waals surface area contributed by atoms with Gasteiger partial charge in [0.2, 0.25) is 0 Å². The molecule has 5 heteroatoms. The minimum Gasteiger partial charge on any atom is -0.270 e. The Balaban J connectivity index is 2.81. The van der Waals surface area contributed by atoms with Crippen LogP contribution in [0.3, 0.4) is 0 Å². The van der Waals surface area contributed by atoms with Crippen LogP contribution in [0.2, 0.25) is 0 Å². The first-order valence-corrected chi connectivity index (χ1v) is 6.21. The molecule has 0 bridgehead atoms. The van der Waals surface area contributed by atoms with Crippen molar-refractivity contribution in [3.05, 3.63) is 29.6 Å². The maximum Gasteiger partial charge on any atom is 0.297 e. The molecule has 0 amide bonds. The van der Waals surface area contributed by atoms with Crippen molar-refractivity contribution in [2.24, 2.45) is 0 Å². The molecule has 3 nitrogen and oxygen atoms in total. The van der Waals surface area contributed by atoms with Crippen molar-refractivity contribution >= 4 is 31.5 Å².